The van der Waals surface area contributed by atoms with Gasteiger partial charge < -0.3 is 15.7 Å². The molecule has 0 bridgehead atoms. The van der Waals surface area contributed by atoms with Crippen molar-refractivity contribution in [3.05, 3.63) is 22.8 Å². The van der Waals surface area contributed by atoms with Crippen LogP contribution in [0, 0.1) is 0 Å². The van der Waals surface area contributed by atoms with Gasteiger partial charge in [0.1, 0.15) is 5.82 Å². The van der Waals surface area contributed by atoms with E-state index in [4.69, 9.17) is 17.3 Å². The van der Waals surface area contributed by atoms with E-state index in [0.717, 1.165) is 19.6 Å². The fourth-order valence-corrected chi connectivity index (χ4v) is 3.09. The number of amides is 1. The molecule has 3 N–H and O–H groups in total. The van der Waals surface area contributed by atoms with E-state index in [1.807, 2.05) is 13.8 Å². The summed E-state index contributed by atoms with van der Waals surface area (Å²) < 4.78 is 0. The molecular weight excluding hydrogens is 304 g/mol. The van der Waals surface area contributed by atoms with Gasteiger partial charge in [-0.25, -0.2) is 4.98 Å². The average molecular weight is 327 g/mol. The predicted molar refractivity (Wildman–Crippen MR) is 87.3 cm³/mol. The normalized spacial score (nSPS) is 20.2. The number of halogens is 1. The van der Waals surface area contributed by atoms with Crippen molar-refractivity contribution in [1.82, 2.24) is 9.88 Å². The van der Waals surface area contributed by atoms with Gasteiger partial charge in [-0.3, -0.25) is 9.69 Å². The van der Waals surface area contributed by atoms with E-state index in [0.29, 0.717) is 22.9 Å². The molecule has 2 rings (SSSR count). The fourth-order valence-electron chi connectivity index (χ4n) is 2.82. The molecule has 2 heterocycles. The molecule has 0 radical (unpaired) electrons. The zero-order valence-electron chi connectivity index (χ0n) is 13.2. The van der Waals surface area contributed by atoms with Gasteiger partial charge in [-0.2, -0.15) is 0 Å². The monoisotopic (exact) mass is 326 g/mol. The van der Waals surface area contributed by atoms with Crippen LogP contribution in [0.25, 0.3) is 0 Å². The molecule has 1 aliphatic heterocycles. The summed E-state index contributed by atoms with van der Waals surface area (Å²) in [6.07, 6.45) is 1.46. The highest BCUT2D eigenvalue weighted by Crippen LogP contribution is 2.27. The SMILES string of the molecule is CC1CN(CC(C)(C)O)CCN1c1ncc(C(N)=O)cc1Cl. The second-order valence-corrected chi connectivity index (χ2v) is 6.89. The van der Waals surface area contributed by atoms with Gasteiger partial charge in [-0.1, -0.05) is 11.6 Å². The highest BCUT2D eigenvalue weighted by atomic mass is 35.5. The number of hydrogen-bond donors (Lipinski definition) is 2. The minimum Gasteiger partial charge on any atom is -0.389 e. The first-order valence-corrected chi connectivity index (χ1v) is 7.72. The molecule has 0 saturated carbocycles. The van der Waals surface area contributed by atoms with E-state index in [1.54, 1.807) is 6.07 Å². The van der Waals surface area contributed by atoms with Crippen molar-refractivity contribution in [3.8, 4) is 0 Å². The summed E-state index contributed by atoms with van der Waals surface area (Å²) in [6.45, 7) is 8.75. The number of pyridine rings is 1. The number of hydrogen-bond acceptors (Lipinski definition) is 5. The molecule has 122 valence electrons. The van der Waals surface area contributed by atoms with Gasteiger partial charge in [-0.15, -0.1) is 0 Å². The molecule has 1 aromatic rings. The van der Waals surface area contributed by atoms with E-state index >= 15 is 0 Å². The Morgan fingerprint density at radius 3 is 2.73 bits per heavy atom. The first-order chi connectivity index (χ1) is 10.2. The zero-order valence-corrected chi connectivity index (χ0v) is 14.0. The number of β-amino-alcohol motifs (C(OH)–C–C–N with tert-alkyl or cyclic N) is 1. The van der Waals surface area contributed by atoms with Crippen LogP contribution in [0.5, 0.6) is 0 Å². The van der Waals surface area contributed by atoms with Crippen LogP contribution in [-0.2, 0) is 0 Å². The Bertz CT molecular complexity index is 559. The largest absolute Gasteiger partial charge is 0.389 e. The summed E-state index contributed by atoms with van der Waals surface area (Å²) >= 11 is 6.25. The van der Waals surface area contributed by atoms with Crippen LogP contribution in [0.1, 0.15) is 31.1 Å². The van der Waals surface area contributed by atoms with Crippen LogP contribution in [-0.4, -0.2) is 58.7 Å². The highest BCUT2D eigenvalue weighted by Gasteiger charge is 2.29. The molecular formula is C15H23ClN4O2. The molecule has 0 aliphatic carbocycles. The number of nitrogens with two attached hydrogens (primary N) is 1. The number of rotatable bonds is 4. The van der Waals surface area contributed by atoms with Crippen molar-refractivity contribution in [2.24, 2.45) is 5.73 Å². The molecule has 0 spiro atoms. The van der Waals surface area contributed by atoms with Gasteiger partial charge in [0.2, 0.25) is 5.91 Å². The maximum absolute atomic E-state index is 11.2. The lowest BCUT2D eigenvalue weighted by atomic mass is 10.1. The third kappa shape index (κ3) is 4.09. The van der Waals surface area contributed by atoms with Gasteiger partial charge in [0.05, 0.1) is 16.2 Å². The molecule has 1 aromatic heterocycles. The summed E-state index contributed by atoms with van der Waals surface area (Å²) in [6, 6.07) is 1.77. The third-order valence-electron chi connectivity index (χ3n) is 3.70. The Morgan fingerprint density at radius 1 is 1.55 bits per heavy atom. The van der Waals surface area contributed by atoms with Gasteiger partial charge in [-0.05, 0) is 26.8 Å². The minimum atomic E-state index is -0.707. The molecule has 1 saturated heterocycles. The number of piperazine rings is 1. The summed E-state index contributed by atoms with van der Waals surface area (Å²) in [5.41, 5.74) is 4.83. The predicted octanol–water partition coefficient (Wildman–Crippen LogP) is 1.12. The first-order valence-electron chi connectivity index (χ1n) is 7.34. The quantitative estimate of drug-likeness (QED) is 0.866. The molecule has 22 heavy (non-hydrogen) atoms. The van der Waals surface area contributed by atoms with Crippen molar-refractivity contribution in [1.29, 1.82) is 0 Å². The Morgan fingerprint density at radius 2 is 2.23 bits per heavy atom. The van der Waals surface area contributed by atoms with E-state index in [2.05, 4.69) is 21.7 Å². The lowest BCUT2D eigenvalue weighted by Gasteiger charge is -2.42. The number of aromatic nitrogens is 1. The van der Waals surface area contributed by atoms with Crippen molar-refractivity contribution in [2.75, 3.05) is 31.1 Å². The second kappa shape index (κ2) is 6.40. The third-order valence-corrected chi connectivity index (χ3v) is 3.98. The number of nitrogens with zero attached hydrogens (tertiary/aromatic N) is 3. The van der Waals surface area contributed by atoms with Crippen molar-refractivity contribution in [3.63, 3.8) is 0 Å². The van der Waals surface area contributed by atoms with E-state index in [-0.39, 0.29) is 6.04 Å². The summed E-state index contributed by atoms with van der Waals surface area (Å²) in [7, 11) is 0. The number of primary amides is 1. The Kier molecular flexibility index (Phi) is 4.94. The van der Waals surface area contributed by atoms with Gasteiger partial charge in [0, 0.05) is 38.4 Å². The Hall–Kier alpha value is -1.37. The van der Waals surface area contributed by atoms with Crippen molar-refractivity contribution < 1.29 is 9.90 Å². The zero-order chi connectivity index (χ0) is 16.5. The summed E-state index contributed by atoms with van der Waals surface area (Å²) in [5.74, 6) is 0.131. The number of anilines is 1. The lowest BCUT2D eigenvalue weighted by molar-refractivity contribution is 0.0307. The number of carbonyl (C=O) groups is 1. The maximum atomic E-state index is 11.2. The van der Waals surface area contributed by atoms with Crippen LogP contribution in [0.3, 0.4) is 0 Å². The number of aliphatic hydroxyl groups is 1. The van der Waals surface area contributed by atoms with Crippen molar-refractivity contribution in [2.45, 2.75) is 32.4 Å². The molecule has 1 amide bonds. The van der Waals surface area contributed by atoms with Gasteiger partial charge >= 0.3 is 0 Å². The average Bonchev–Trinajstić information content (AvgIpc) is 2.37. The van der Waals surface area contributed by atoms with E-state index in [1.165, 1.54) is 6.20 Å². The Balaban J connectivity index is 2.10. The first kappa shape index (κ1) is 17.0. The second-order valence-electron chi connectivity index (χ2n) is 6.48. The smallest absolute Gasteiger partial charge is 0.250 e. The molecule has 0 aromatic carbocycles. The maximum Gasteiger partial charge on any atom is 0.250 e. The summed E-state index contributed by atoms with van der Waals surface area (Å²) in [5, 5.41) is 10.4. The summed E-state index contributed by atoms with van der Waals surface area (Å²) in [4.78, 5) is 19.8. The molecule has 1 unspecified atom stereocenters. The van der Waals surface area contributed by atoms with E-state index in [9.17, 15) is 9.90 Å². The van der Waals surface area contributed by atoms with Crippen LogP contribution >= 0.6 is 11.6 Å². The van der Waals surface area contributed by atoms with Crippen LogP contribution in [0.15, 0.2) is 12.3 Å². The lowest BCUT2D eigenvalue weighted by Crippen LogP contribution is -2.55. The molecule has 1 atom stereocenters. The topological polar surface area (TPSA) is 82.7 Å². The molecule has 1 fully saturated rings. The van der Waals surface area contributed by atoms with Gasteiger partial charge in [0.15, 0.2) is 0 Å². The molecule has 6 nitrogen and oxygen atoms in total. The van der Waals surface area contributed by atoms with Crippen LogP contribution in [0.2, 0.25) is 5.02 Å². The minimum absolute atomic E-state index is 0.209. The standard InChI is InChI=1S/C15H23ClN4O2/c1-10-8-19(9-15(2,3)22)4-5-20(10)14-12(16)6-11(7-18-14)13(17)21/h6-7,10,22H,4-5,8-9H2,1-3H3,(H2,17,21). The Labute approximate surface area is 135 Å². The van der Waals surface area contributed by atoms with E-state index < -0.39 is 11.5 Å². The molecule has 7 heteroatoms. The highest BCUT2D eigenvalue weighted by molar-refractivity contribution is 6.33. The van der Waals surface area contributed by atoms with Crippen molar-refractivity contribution >= 4 is 23.3 Å². The number of carbonyl (C=O) groups excluding carboxylic acids is 1. The fraction of sp³-hybridized carbons (Fsp3) is 0.600. The van der Waals surface area contributed by atoms with Crippen LogP contribution in [0.4, 0.5) is 5.82 Å². The molecule has 1 aliphatic rings. The van der Waals surface area contributed by atoms with Gasteiger partial charge in [0.25, 0.3) is 0 Å². The van der Waals surface area contributed by atoms with Crippen LogP contribution < -0.4 is 10.6 Å².